The van der Waals surface area contributed by atoms with E-state index in [1.54, 1.807) is 12.1 Å². The lowest BCUT2D eigenvalue weighted by Gasteiger charge is -2.08. The van der Waals surface area contributed by atoms with Crippen LogP contribution in [-0.4, -0.2) is 27.2 Å². The first-order valence-corrected chi connectivity index (χ1v) is 7.47. The maximum Gasteiger partial charge on any atom is 0.322 e. The molecule has 1 aromatic carbocycles. The van der Waals surface area contributed by atoms with E-state index >= 15 is 0 Å². The third-order valence-electron chi connectivity index (χ3n) is 1.73. The summed E-state index contributed by atoms with van der Waals surface area (Å²) in [5, 5.41) is 0.269. The Kier molecular flexibility index (Phi) is 5.02. The molecular weight excluding hydrogens is 381 g/mol. The van der Waals surface area contributed by atoms with E-state index in [0.717, 1.165) is 10.7 Å². The molecule has 0 bridgehead atoms. The summed E-state index contributed by atoms with van der Waals surface area (Å²) in [7, 11) is -2.67. The summed E-state index contributed by atoms with van der Waals surface area (Å²) in [4.78, 5) is 10.9. The van der Waals surface area contributed by atoms with Gasteiger partial charge in [-0.3, -0.25) is 9.52 Å². The summed E-state index contributed by atoms with van der Waals surface area (Å²) in [6.07, 6.45) is 0. The molecule has 5 nitrogen and oxygen atoms in total. The van der Waals surface area contributed by atoms with Gasteiger partial charge in [0, 0.05) is 3.57 Å². The molecule has 0 saturated heterocycles. The minimum atomic E-state index is -3.79. The lowest BCUT2D eigenvalue weighted by molar-refractivity contribution is -0.137. The average molecular weight is 390 g/mol. The highest BCUT2D eigenvalue weighted by atomic mass is 127. The van der Waals surface area contributed by atoms with E-state index in [1.807, 2.05) is 22.6 Å². The van der Waals surface area contributed by atoms with Gasteiger partial charge >= 0.3 is 5.97 Å². The van der Waals surface area contributed by atoms with Crippen LogP contribution in [0, 0.1) is 3.57 Å². The van der Waals surface area contributed by atoms with Crippen LogP contribution in [0.2, 0.25) is 5.02 Å². The number of hydrogen-bond donors (Lipinski definition) is 1. The van der Waals surface area contributed by atoms with Crippen molar-refractivity contribution in [3.63, 3.8) is 0 Å². The molecule has 94 valence electrons. The van der Waals surface area contributed by atoms with Gasteiger partial charge in [-0.15, -0.1) is 0 Å². The fraction of sp³-hybridized carbons (Fsp3) is 0.222. The molecule has 0 saturated carbocycles. The molecule has 0 aromatic heterocycles. The number of methoxy groups -OCH3 is 1. The Hall–Kier alpha value is -0.540. The van der Waals surface area contributed by atoms with Crippen molar-refractivity contribution in [1.82, 2.24) is 0 Å². The van der Waals surface area contributed by atoms with Crippen molar-refractivity contribution >= 4 is 55.9 Å². The summed E-state index contributed by atoms with van der Waals surface area (Å²) >= 11 is 7.91. The van der Waals surface area contributed by atoms with Crippen LogP contribution in [0.1, 0.15) is 0 Å². The molecule has 8 heteroatoms. The maximum atomic E-state index is 11.5. The number of benzene rings is 1. The second kappa shape index (κ2) is 5.87. The molecule has 0 heterocycles. The fourth-order valence-electron chi connectivity index (χ4n) is 0.990. The van der Waals surface area contributed by atoms with Crippen LogP contribution in [0.15, 0.2) is 18.2 Å². The monoisotopic (exact) mass is 389 g/mol. The third kappa shape index (κ3) is 4.68. The van der Waals surface area contributed by atoms with E-state index in [2.05, 4.69) is 9.46 Å². The highest BCUT2D eigenvalue weighted by molar-refractivity contribution is 14.1. The summed E-state index contributed by atoms with van der Waals surface area (Å²) in [5.74, 6) is -1.58. The van der Waals surface area contributed by atoms with E-state index in [-0.39, 0.29) is 10.7 Å². The number of sulfonamides is 1. The Morgan fingerprint density at radius 1 is 1.53 bits per heavy atom. The zero-order valence-corrected chi connectivity index (χ0v) is 12.5. The van der Waals surface area contributed by atoms with Crippen molar-refractivity contribution in [3.05, 3.63) is 26.8 Å². The number of carbonyl (C=O) groups excluding carboxylic acids is 1. The Morgan fingerprint density at radius 2 is 2.18 bits per heavy atom. The lowest BCUT2D eigenvalue weighted by atomic mass is 10.3. The number of halogens is 2. The van der Waals surface area contributed by atoms with Gasteiger partial charge < -0.3 is 4.74 Å². The van der Waals surface area contributed by atoms with Crippen LogP contribution in [-0.2, 0) is 19.6 Å². The number of hydrogen-bond acceptors (Lipinski definition) is 4. The first kappa shape index (κ1) is 14.5. The van der Waals surface area contributed by atoms with Crippen LogP contribution in [0.4, 0.5) is 5.69 Å². The van der Waals surface area contributed by atoms with Crippen LogP contribution in [0.5, 0.6) is 0 Å². The molecule has 0 aliphatic heterocycles. The highest BCUT2D eigenvalue weighted by Gasteiger charge is 2.18. The van der Waals surface area contributed by atoms with Crippen LogP contribution < -0.4 is 4.72 Å². The van der Waals surface area contributed by atoms with Crippen LogP contribution in [0.3, 0.4) is 0 Å². The molecule has 0 atom stereocenters. The second-order valence-electron chi connectivity index (χ2n) is 3.06. The topological polar surface area (TPSA) is 72.5 Å². The van der Waals surface area contributed by atoms with Crippen molar-refractivity contribution in [3.8, 4) is 0 Å². The summed E-state index contributed by atoms with van der Waals surface area (Å²) < 4.78 is 30.4. The van der Waals surface area contributed by atoms with Gasteiger partial charge in [-0.1, -0.05) is 11.6 Å². The van der Waals surface area contributed by atoms with Crippen molar-refractivity contribution in [2.45, 2.75) is 0 Å². The molecule has 1 rings (SSSR count). The van der Waals surface area contributed by atoms with E-state index in [9.17, 15) is 13.2 Å². The minimum Gasteiger partial charge on any atom is -0.468 e. The zero-order chi connectivity index (χ0) is 13.1. The number of anilines is 1. The smallest absolute Gasteiger partial charge is 0.322 e. The molecule has 0 fully saturated rings. The number of rotatable bonds is 4. The molecule has 17 heavy (non-hydrogen) atoms. The number of carbonyl (C=O) groups is 1. The van der Waals surface area contributed by atoms with Gasteiger partial charge in [-0.2, -0.15) is 0 Å². The Labute approximate surface area is 118 Å². The van der Waals surface area contributed by atoms with Crippen molar-refractivity contribution in [2.75, 3.05) is 17.6 Å². The number of esters is 1. The van der Waals surface area contributed by atoms with Crippen molar-refractivity contribution < 1.29 is 17.9 Å². The van der Waals surface area contributed by atoms with E-state index in [0.29, 0.717) is 0 Å². The van der Waals surface area contributed by atoms with Gasteiger partial charge in [0.2, 0.25) is 10.0 Å². The molecule has 0 aliphatic carbocycles. The maximum absolute atomic E-state index is 11.5. The molecule has 0 unspecified atom stereocenters. The van der Waals surface area contributed by atoms with Gasteiger partial charge in [-0.25, -0.2) is 8.42 Å². The highest BCUT2D eigenvalue weighted by Crippen LogP contribution is 2.24. The van der Waals surface area contributed by atoms with Gasteiger partial charge in [0.05, 0.1) is 17.8 Å². The Balaban J connectivity index is 2.87. The standard InChI is InChI=1S/C9H9ClINO4S/c1-16-9(13)5-17(14,15)12-8-3-2-6(11)4-7(8)10/h2-4,12H,5H2,1H3. The van der Waals surface area contributed by atoms with Gasteiger partial charge in [0.15, 0.2) is 5.75 Å². The Morgan fingerprint density at radius 3 is 2.71 bits per heavy atom. The van der Waals surface area contributed by atoms with Gasteiger partial charge in [-0.05, 0) is 40.8 Å². The predicted octanol–water partition coefficient (Wildman–Crippen LogP) is 1.86. The third-order valence-corrected chi connectivity index (χ3v) is 3.86. The largest absolute Gasteiger partial charge is 0.468 e. The molecular formula is C9H9ClINO4S. The molecule has 1 aromatic rings. The van der Waals surface area contributed by atoms with Gasteiger partial charge in [0.1, 0.15) is 0 Å². The van der Waals surface area contributed by atoms with Crippen molar-refractivity contribution in [1.29, 1.82) is 0 Å². The number of nitrogens with one attached hydrogen (secondary N) is 1. The van der Waals surface area contributed by atoms with E-state index in [4.69, 9.17) is 11.6 Å². The quantitative estimate of drug-likeness (QED) is 0.630. The van der Waals surface area contributed by atoms with E-state index in [1.165, 1.54) is 6.07 Å². The first-order chi connectivity index (χ1) is 7.84. The minimum absolute atomic E-state index is 0.232. The molecule has 0 radical (unpaired) electrons. The Bertz CT molecular complexity index is 532. The summed E-state index contributed by atoms with van der Waals surface area (Å²) in [6, 6.07) is 4.83. The molecule has 0 amide bonds. The summed E-state index contributed by atoms with van der Waals surface area (Å²) in [6.45, 7) is 0. The summed E-state index contributed by atoms with van der Waals surface area (Å²) in [5.41, 5.74) is 0.232. The fourth-order valence-corrected chi connectivity index (χ4v) is 2.96. The van der Waals surface area contributed by atoms with Crippen LogP contribution in [0.25, 0.3) is 0 Å². The SMILES string of the molecule is COC(=O)CS(=O)(=O)Nc1ccc(I)cc1Cl. The normalized spacial score (nSPS) is 11.0. The number of ether oxygens (including phenoxy) is 1. The van der Waals surface area contributed by atoms with Gasteiger partial charge in [0.25, 0.3) is 0 Å². The van der Waals surface area contributed by atoms with E-state index < -0.39 is 21.7 Å². The van der Waals surface area contributed by atoms with Crippen LogP contribution >= 0.6 is 34.2 Å². The predicted molar refractivity (Wildman–Crippen MR) is 73.6 cm³/mol. The second-order valence-corrected chi connectivity index (χ2v) is 6.44. The zero-order valence-electron chi connectivity index (χ0n) is 8.74. The van der Waals surface area contributed by atoms with Crippen molar-refractivity contribution in [2.24, 2.45) is 0 Å². The average Bonchev–Trinajstić information content (AvgIpc) is 2.21. The molecule has 0 aliphatic rings. The first-order valence-electron chi connectivity index (χ1n) is 4.36. The lowest BCUT2D eigenvalue weighted by Crippen LogP contribution is -2.23. The molecule has 0 spiro atoms. The molecule has 1 N–H and O–H groups in total.